The molecular weight excluding hydrogens is 505 g/mol. The van der Waals surface area contributed by atoms with E-state index < -0.39 is 29.5 Å². The van der Waals surface area contributed by atoms with Crippen molar-refractivity contribution < 1.29 is 36.7 Å². The molecule has 4 aliphatic rings. The minimum atomic E-state index is -4.80. The van der Waals surface area contributed by atoms with E-state index in [-0.39, 0.29) is 54.3 Å². The summed E-state index contributed by atoms with van der Waals surface area (Å²) in [5.41, 5.74) is -0.273. The molecule has 0 radical (unpaired) electrons. The topological polar surface area (TPSA) is 98.8 Å². The monoisotopic (exact) mass is 536 g/mol. The summed E-state index contributed by atoms with van der Waals surface area (Å²) in [6, 6.07) is 0. The first-order valence-electron chi connectivity index (χ1n) is 13.3. The van der Waals surface area contributed by atoms with Gasteiger partial charge in [0.15, 0.2) is 0 Å². The molecule has 206 valence electrons. The van der Waals surface area contributed by atoms with E-state index >= 15 is 0 Å². The van der Waals surface area contributed by atoms with Crippen LogP contribution in [0, 0.1) is 11.8 Å². The number of hydrogen-bond donors (Lipinski definition) is 1. The molecular formula is C26H31F3N4O5. The summed E-state index contributed by atoms with van der Waals surface area (Å²) in [7, 11) is 0. The van der Waals surface area contributed by atoms with E-state index in [4.69, 9.17) is 13.9 Å². The molecule has 6 rings (SSSR count). The van der Waals surface area contributed by atoms with Crippen LogP contribution in [0.1, 0.15) is 53.1 Å². The largest absolute Gasteiger partial charge is 0.455 e. The standard InChI is InChI=1S/C26H31F3N4O5/c27-26(28,29)21-20-19(38-23(21)24(34)30-11-18-14-36-9-10-37-18)4-3-17-13-33(31-22(17)20)12-15-5-7-32(8-6-15)25(35)16-1-2-16/h13,15-16,18H,1-12,14H2,(H,30,34)/t18-/m1/s1. The molecule has 0 aromatic carbocycles. The molecule has 2 aliphatic heterocycles. The third-order valence-electron chi connectivity index (χ3n) is 7.84. The van der Waals surface area contributed by atoms with Crippen LogP contribution in [0.3, 0.4) is 0 Å². The van der Waals surface area contributed by atoms with Crippen LogP contribution in [0.2, 0.25) is 0 Å². The Balaban J connectivity index is 1.19. The zero-order valence-corrected chi connectivity index (χ0v) is 21.0. The van der Waals surface area contributed by atoms with E-state index in [1.54, 1.807) is 4.68 Å². The Morgan fingerprint density at radius 2 is 1.89 bits per heavy atom. The predicted molar refractivity (Wildman–Crippen MR) is 127 cm³/mol. The van der Waals surface area contributed by atoms with Gasteiger partial charge in [0.1, 0.15) is 11.3 Å². The average Bonchev–Trinajstić information content (AvgIpc) is 3.55. The molecule has 2 aromatic rings. The number of carbonyl (C=O) groups excluding carboxylic acids is 2. The first kappa shape index (κ1) is 25.4. The number of carbonyl (C=O) groups is 2. The third kappa shape index (κ3) is 5.07. The number of nitrogens with one attached hydrogen (secondary N) is 1. The van der Waals surface area contributed by atoms with Crippen LogP contribution in [0.25, 0.3) is 11.3 Å². The summed E-state index contributed by atoms with van der Waals surface area (Å²) in [6.45, 7) is 3.09. The number of amides is 2. The van der Waals surface area contributed by atoms with Crippen molar-refractivity contribution in [2.45, 2.75) is 57.3 Å². The number of fused-ring (bicyclic) bond motifs is 3. The second-order valence-corrected chi connectivity index (χ2v) is 10.6. The number of alkyl halides is 3. The summed E-state index contributed by atoms with van der Waals surface area (Å²) in [4.78, 5) is 27.1. The van der Waals surface area contributed by atoms with Gasteiger partial charge in [-0.2, -0.15) is 18.3 Å². The zero-order chi connectivity index (χ0) is 26.4. The Bertz CT molecular complexity index is 1200. The fourth-order valence-corrected chi connectivity index (χ4v) is 5.66. The van der Waals surface area contributed by atoms with Gasteiger partial charge < -0.3 is 24.1 Å². The van der Waals surface area contributed by atoms with E-state index in [0.29, 0.717) is 44.8 Å². The number of piperidine rings is 1. The van der Waals surface area contributed by atoms with Crippen molar-refractivity contribution in [2.24, 2.45) is 11.8 Å². The third-order valence-corrected chi connectivity index (χ3v) is 7.84. The van der Waals surface area contributed by atoms with Gasteiger partial charge in [0, 0.05) is 44.7 Å². The Hall–Kier alpha value is -2.86. The number of aryl methyl sites for hydroxylation is 2. The van der Waals surface area contributed by atoms with E-state index in [9.17, 15) is 22.8 Å². The molecule has 0 spiro atoms. The van der Waals surface area contributed by atoms with Crippen LogP contribution in [-0.2, 0) is 39.8 Å². The number of furan rings is 1. The van der Waals surface area contributed by atoms with Gasteiger partial charge in [-0.05, 0) is 43.6 Å². The zero-order valence-electron chi connectivity index (χ0n) is 21.0. The van der Waals surface area contributed by atoms with Crippen LogP contribution in [-0.4, -0.2) is 72.1 Å². The Morgan fingerprint density at radius 1 is 1.11 bits per heavy atom. The van der Waals surface area contributed by atoms with Gasteiger partial charge in [0.2, 0.25) is 11.7 Å². The Morgan fingerprint density at radius 3 is 2.58 bits per heavy atom. The van der Waals surface area contributed by atoms with E-state index in [0.717, 1.165) is 25.7 Å². The first-order chi connectivity index (χ1) is 18.3. The number of hydrogen-bond acceptors (Lipinski definition) is 6. The molecule has 1 N–H and O–H groups in total. The van der Waals surface area contributed by atoms with E-state index in [1.165, 1.54) is 0 Å². The maximum Gasteiger partial charge on any atom is 0.420 e. The van der Waals surface area contributed by atoms with Crippen molar-refractivity contribution in [1.29, 1.82) is 0 Å². The summed E-state index contributed by atoms with van der Waals surface area (Å²) in [5, 5.41) is 7.06. The second kappa shape index (κ2) is 10.0. The molecule has 12 heteroatoms. The lowest BCUT2D eigenvalue weighted by Gasteiger charge is -2.32. The maximum absolute atomic E-state index is 14.3. The van der Waals surface area contributed by atoms with Crippen molar-refractivity contribution in [1.82, 2.24) is 20.0 Å². The lowest BCUT2D eigenvalue weighted by molar-refractivity contribution is -0.138. The van der Waals surface area contributed by atoms with Crippen molar-refractivity contribution >= 4 is 11.8 Å². The first-order valence-corrected chi connectivity index (χ1v) is 13.3. The van der Waals surface area contributed by atoms with Gasteiger partial charge in [-0.15, -0.1) is 0 Å². The fourth-order valence-electron chi connectivity index (χ4n) is 5.66. The fraction of sp³-hybridized carbons (Fsp3) is 0.654. The molecule has 2 saturated heterocycles. The molecule has 0 unspecified atom stereocenters. The predicted octanol–water partition coefficient (Wildman–Crippen LogP) is 3.05. The quantitative estimate of drug-likeness (QED) is 0.610. The van der Waals surface area contributed by atoms with E-state index in [1.807, 2.05) is 11.1 Å². The lowest BCUT2D eigenvalue weighted by atomic mass is 9.93. The van der Waals surface area contributed by atoms with Crippen molar-refractivity contribution in [3.8, 4) is 11.3 Å². The normalized spacial score (nSPS) is 22.2. The summed E-state index contributed by atoms with van der Waals surface area (Å²) >= 11 is 0. The molecule has 3 fully saturated rings. The van der Waals surface area contributed by atoms with Gasteiger partial charge in [-0.1, -0.05) is 0 Å². The number of aromatic nitrogens is 2. The van der Waals surface area contributed by atoms with E-state index in [2.05, 4.69) is 10.4 Å². The molecule has 38 heavy (non-hydrogen) atoms. The number of ether oxygens (including phenoxy) is 2. The molecule has 4 heterocycles. The van der Waals surface area contributed by atoms with Crippen molar-refractivity contribution in [2.75, 3.05) is 39.5 Å². The Labute approximate surface area is 217 Å². The number of halogens is 3. The van der Waals surface area contributed by atoms with Crippen LogP contribution in [0.4, 0.5) is 13.2 Å². The molecule has 2 aromatic heterocycles. The average molecular weight is 537 g/mol. The maximum atomic E-state index is 14.3. The van der Waals surface area contributed by atoms with Gasteiger partial charge >= 0.3 is 6.18 Å². The highest BCUT2D eigenvalue weighted by Crippen LogP contribution is 2.46. The van der Waals surface area contributed by atoms with Crippen molar-refractivity contribution in [3.05, 3.63) is 28.8 Å². The highest BCUT2D eigenvalue weighted by molar-refractivity contribution is 5.96. The second-order valence-electron chi connectivity index (χ2n) is 10.6. The van der Waals surface area contributed by atoms with Crippen molar-refractivity contribution in [3.63, 3.8) is 0 Å². The Kier molecular flexibility index (Phi) is 6.71. The minimum absolute atomic E-state index is 0.0203. The SMILES string of the molecule is O=C(NC[C@@H]1COCCO1)c1oc2c(c1C(F)(F)F)-c1nn(CC3CCN(C(=O)C4CC4)CC3)cc1CC2. The smallest absolute Gasteiger partial charge is 0.420 e. The molecule has 1 saturated carbocycles. The van der Waals surface area contributed by atoms with Gasteiger partial charge in [-0.25, -0.2) is 0 Å². The number of nitrogens with zero attached hydrogens (tertiary/aromatic N) is 3. The summed E-state index contributed by atoms with van der Waals surface area (Å²) < 4.78 is 60.9. The van der Waals surface area contributed by atoms with Gasteiger partial charge in [-0.3, -0.25) is 14.3 Å². The number of rotatable bonds is 6. The van der Waals surface area contributed by atoms with Crippen LogP contribution < -0.4 is 5.32 Å². The summed E-state index contributed by atoms with van der Waals surface area (Å²) in [6.07, 6.45) is 0.985. The van der Waals surface area contributed by atoms with Crippen LogP contribution >= 0.6 is 0 Å². The van der Waals surface area contributed by atoms with Gasteiger partial charge in [0.25, 0.3) is 5.91 Å². The van der Waals surface area contributed by atoms with Crippen LogP contribution in [0.15, 0.2) is 10.6 Å². The highest BCUT2D eigenvalue weighted by atomic mass is 19.4. The van der Waals surface area contributed by atoms with Crippen LogP contribution in [0.5, 0.6) is 0 Å². The molecule has 2 aliphatic carbocycles. The molecule has 0 bridgehead atoms. The molecule has 9 nitrogen and oxygen atoms in total. The number of likely N-dealkylation sites (tertiary alicyclic amines) is 1. The highest BCUT2D eigenvalue weighted by Gasteiger charge is 2.45. The molecule has 2 amide bonds. The van der Waals surface area contributed by atoms with Gasteiger partial charge in [0.05, 0.1) is 37.2 Å². The minimum Gasteiger partial charge on any atom is -0.455 e. The lowest BCUT2D eigenvalue weighted by Crippen LogP contribution is -2.40. The molecule has 1 atom stereocenters. The summed E-state index contributed by atoms with van der Waals surface area (Å²) in [5.74, 6) is -0.798.